The number of carboxylic acid groups (broad SMARTS) is 1. The minimum atomic E-state index is -0.977. The van der Waals surface area contributed by atoms with Gasteiger partial charge in [0.1, 0.15) is 5.56 Å². The molecule has 3 heterocycles. The first kappa shape index (κ1) is 8.84. The van der Waals surface area contributed by atoms with Crippen LogP contribution in [0.25, 0.3) is 16.4 Å². The number of carbonyl (C=O) groups is 1. The second-order valence-electron chi connectivity index (χ2n) is 3.45. The Balaban J connectivity index is 2.57. The number of nitrogens with zero attached hydrogens (tertiary/aromatic N) is 3. The highest BCUT2D eigenvalue weighted by Crippen LogP contribution is 2.21. The zero-order valence-electron chi connectivity index (χ0n) is 8.16. The maximum Gasteiger partial charge on any atom is 0.339 e. The van der Waals surface area contributed by atoms with Crippen LogP contribution in [0.3, 0.4) is 0 Å². The van der Waals surface area contributed by atoms with Crippen LogP contribution in [0, 0.1) is 0 Å². The SMILES string of the molecule is O=C(O)c1cncc2cc3cnccn3c12. The summed E-state index contributed by atoms with van der Waals surface area (Å²) in [6.45, 7) is 0. The van der Waals surface area contributed by atoms with Crippen molar-refractivity contribution in [1.82, 2.24) is 14.4 Å². The van der Waals surface area contributed by atoms with Crippen molar-refractivity contribution in [1.29, 1.82) is 0 Å². The van der Waals surface area contributed by atoms with Crippen molar-refractivity contribution in [2.24, 2.45) is 0 Å². The lowest BCUT2D eigenvalue weighted by molar-refractivity contribution is 0.0698. The predicted octanol–water partition coefficient (Wildman–Crippen LogP) is 1.58. The van der Waals surface area contributed by atoms with E-state index in [9.17, 15) is 4.79 Å². The van der Waals surface area contributed by atoms with Crippen LogP contribution >= 0.6 is 0 Å². The van der Waals surface area contributed by atoms with Crippen LogP contribution in [0.15, 0.2) is 37.1 Å². The third-order valence-electron chi connectivity index (χ3n) is 2.51. The van der Waals surface area contributed by atoms with Gasteiger partial charge in [0.05, 0.1) is 17.2 Å². The number of rotatable bonds is 1. The van der Waals surface area contributed by atoms with Crippen molar-refractivity contribution in [3.8, 4) is 0 Å². The molecular weight excluding hydrogens is 206 g/mol. The molecule has 5 nitrogen and oxygen atoms in total. The molecule has 0 atom stereocenters. The third-order valence-corrected chi connectivity index (χ3v) is 2.51. The summed E-state index contributed by atoms with van der Waals surface area (Å²) in [4.78, 5) is 19.0. The quantitative estimate of drug-likeness (QED) is 0.666. The summed E-state index contributed by atoms with van der Waals surface area (Å²) in [5.74, 6) is -0.977. The van der Waals surface area contributed by atoms with Gasteiger partial charge < -0.3 is 9.51 Å². The Morgan fingerprint density at radius 2 is 2.12 bits per heavy atom. The van der Waals surface area contributed by atoms with Crippen molar-refractivity contribution in [2.45, 2.75) is 0 Å². The van der Waals surface area contributed by atoms with Crippen molar-refractivity contribution in [2.75, 3.05) is 0 Å². The third kappa shape index (κ3) is 1.08. The lowest BCUT2D eigenvalue weighted by Gasteiger charge is -1.99. The van der Waals surface area contributed by atoms with Crippen LogP contribution in [-0.4, -0.2) is 25.4 Å². The minimum absolute atomic E-state index is 0.198. The number of hydrogen-bond acceptors (Lipinski definition) is 3. The standard InChI is InChI=1S/C11H7N3O2/c15-11(16)9-6-13-4-7-3-8-5-12-1-2-14(8)10(7)9/h1-6H,(H,15,16). The fourth-order valence-corrected chi connectivity index (χ4v) is 1.84. The summed E-state index contributed by atoms with van der Waals surface area (Å²) < 4.78 is 1.80. The van der Waals surface area contributed by atoms with Gasteiger partial charge in [-0.25, -0.2) is 4.79 Å². The molecule has 5 heteroatoms. The summed E-state index contributed by atoms with van der Waals surface area (Å²) in [7, 11) is 0. The molecule has 0 amide bonds. The Hall–Kier alpha value is -2.43. The van der Waals surface area contributed by atoms with E-state index in [-0.39, 0.29) is 5.56 Å². The van der Waals surface area contributed by atoms with E-state index >= 15 is 0 Å². The Morgan fingerprint density at radius 1 is 1.25 bits per heavy atom. The summed E-state index contributed by atoms with van der Waals surface area (Å²) >= 11 is 0. The molecule has 0 radical (unpaired) electrons. The topological polar surface area (TPSA) is 67.5 Å². The number of carboxylic acids is 1. The second-order valence-corrected chi connectivity index (χ2v) is 3.45. The van der Waals surface area contributed by atoms with Gasteiger partial charge in [-0.05, 0) is 6.07 Å². The van der Waals surface area contributed by atoms with E-state index in [1.165, 1.54) is 6.20 Å². The molecule has 3 aromatic heterocycles. The summed E-state index contributed by atoms with van der Waals surface area (Å²) in [6, 6.07) is 1.86. The molecule has 3 rings (SSSR count). The molecule has 0 spiro atoms. The Morgan fingerprint density at radius 3 is 2.94 bits per heavy atom. The number of aromatic nitrogens is 3. The molecule has 0 saturated heterocycles. The average molecular weight is 213 g/mol. The summed E-state index contributed by atoms with van der Waals surface area (Å²) in [6.07, 6.45) is 8.06. The molecule has 0 bridgehead atoms. The highest BCUT2D eigenvalue weighted by molar-refractivity contribution is 6.03. The van der Waals surface area contributed by atoms with E-state index in [2.05, 4.69) is 9.97 Å². The normalized spacial score (nSPS) is 11.0. The molecule has 0 aliphatic heterocycles. The monoisotopic (exact) mass is 213 g/mol. The minimum Gasteiger partial charge on any atom is -0.478 e. The fraction of sp³-hybridized carbons (Fsp3) is 0. The first-order valence-corrected chi connectivity index (χ1v) is 4.69. The second kappa shape index (κ2) is 3.03. The number of pyridine rings is 1. The van der Waals surface area contributed by atoms with Crippen LogP contribution in [0.1, 0.15) is 10.4 Å². The van der Waals surface area contributed by atoms with Gasteiger partial charge in [-0.1, -0.05) is 0 Å². The summed E-state index contributed by atoms with van der Waals surface area (Å²) in [5.41, 5.74) is 1.71. The maximum atomic E-state index is 11.1. The maximum absolute atomic E-state index is 11.1. The van der Waals surface area contributed by atoms with Gasteiger partial charge >= 0.3 is 5.97 Å². The molecule has 3 aromatic rings. The van der Waals surface area contributed by atoms with Crippen molar-refractivity contribution in [3.05, 3.63) is 42.6 Å². The molecule has 0 fully saturated rings. The molecule has 0 aliphatic carbocycles. The van der Waals surface area contributed by atoms with Crippen LogP contribution in [-0.2, 0) is 0 Å². The molecule has 16 heavy (non-hydrogen) atoms. The Labute approximate surface area is 90.0 Å². The Bertz CT molecular complexity index is 703. The largest absolute Gasteiger partial charge is 0.478 e. The van der Waals surface area contributed by atoms with Gasteiger partial charge in [0.15, 0.2) is 0 Å². The predicted molar refractivity (Wildman–Crippen MR) is 57.5 cm³/mol. The Kier molecular flexibility index (Phi) is 1.67. The molecular formula is C11H7N3O2. The van der Waals surface area contributed by atoms with Gasteiger partial charge in [-0.15, -0.1) is 0 Å². The van der Waals surface area contributed by atoms with Crippen molar-refractivity contribution in [3.63, 3.8) is 0 Å². The lowest BCUT2D eigenvalue weighted by Crippen LogP contribution is -2.00. The molecule has 78 valence electrons. The lowest BCUT2D eigenvalue weighted by atomic mass is 10.2. The molecule has 0 aromatic carbocycles. The van der Waals surface area contributed by atoms with Crippen LogP contribution in [0.2, 0.25) is 0 Å². The van der Waals surface area contributed by atoms with Gasteiger partial charge in [0, 0.05) is 30.2 Å². The fourth-order valence-electron chi connectivity index (χ4n) is 1.84. The van der Waals surface area contributed by atoms with E-state index in [0.29, 0.717) is 5.52 Å². The van der Waals surface area contributed by atoms with Crippen molar-refractivity contribution < 1.29 is 9.90 Å². The van der Waals surface area contributed by atoms with Crippen molar-refractivity contribution >= 4 is 22.4 Å². The van der Waals surface area contributed by atoms with Gasteiger partial charge in [0.2, 0.25) is 0 Å². The van der Waals surface area contributed by atoms with Crippen LogP contribution in [0.5, 0.6) is 0 Å². The molecule has 0 unspecified atom stereocenters. The number of hydrogen-bond donors (Lipinski definition) is 1. The van der Waals surface area contributed by atoms with E-state index in [4.69, 9.17) is 5.11 Å². The molecule has 0 saturated carbocycles. The van der Waals surface area contributed by atoms with Gasteiger partial charge in [-0.2, -0.15) is 0 Å². The smallest absolute Gasteiger partial charge is 0.339 e. The van der Waals surface area contributed by atoms with Gasteiger partial charge in [-0.3, -0.25) is 9.97 Å². The zero-order chi connectivity index (χ0) is 11.1. The van der Waals surface area contributed by atoms with Crippen LogP contribution in [0.4, 0.5) is 0 Å². The molecule has 1 N–H and O–H groups in total. The van der Waals surface area contributed by atoms with Gasteiger partial charge in [0.25, 0.3) is 0 Å². The van der Waals surface area contributed by atoms with E-state index in [0.717, 1.165) is 10.9 Å². The summed E-state index contributed by atoms with van der Waals surface area (Å²) in [5, 5.41) is 9.89. The first-order chi connectivity index (χ1) is 7.77. The van der Waals surface area contributed by atoms with E-state index in [1.54, 1.807) is 29.2 Å². The van der Waals surface area contributed by atoms with E-state index < -0.39 is 5.97 Å². The van der Waals surface area contributed by atoms with E-state index in [1.807, 2.05) is 6.07 Å². The molecule has 0 aliphatic rings. The highest BCUT2D eigenvalue weighted by Gasteiger charge is 2.12. The van der Waals surface area contributed by atoms with Crippen LogP contribution < -0.4 is 0 Å². The highest BCUT2D eigenvalue weighted by atomic mass is 16.4. The average Bonchev–Trinajstić information content (AvgIpc) is 2.66. The zero-order valence-corrected chi connectivity index (χ0v) is 8.16. The first-order valence-electron chi connectivity index (χ1n) is 4.69. The number of fused-ring (bicyclic) bond motifs is 3. The number of aromatic carboxylic acids is 1.